The van der Waals surface area contributed by atoms with E-state index in [2.05, 4.69) is 9.97 Å². The van der Waals surface area contributed by atoms with Gasteiger partial charge in [-0.05, 0) is 38.0 Å². The fraction of sp³-hybridized carbons (Fsp3) is 0.421. The van der Waals surface area contributed by atoms with Crippen molar-refractivity contribution in [2.75, 3.05) is 20.6 Å². The summed E-state index contributed by atoms with van der Waals surface area (Å²) in [5.41, 5.74) is 2.27. The maximum Gasteiger partial charge on any atom is 0.335 e. The van der Waals surface area contributed by atoms with Crippen molar-refractivity contribution in [2.24, 2.45) is 0 Å². The van der Waals surface area contributed by atoms with E-state index in [9.17, 15) is 13.2 Å². The Kier molecular flexibility index (Phi) is 5.78. The first-order valence-electron chi connectivity index (χ1n) is 9.09. The average Bonchev–Trinajstić information content (AvgIpc) is 2.67. The van der Waals surface area contributed by atoms with Crippen LogP contribution in [-0.4, -0.2) is 58.7 Å². The van der Waals surface area contributed by atoms with Crippen molar-refractivity contribution in [3.05, 3.63) is 47.4 Å². The van der Waals surface area contributed by atoms with E-state index in [1.54, 1.807) is 25.1 Å². The van der Waals surface area contributed by atoms with Gasteiger partial charge in [-0.3, -0.25) is 0 Å². The first-order valence-corrected chi connectivity index (χ1v) is 10.5. The predicted octanol–water partition coefficient (Wildman–Crippen LogP) is 2.48. The Hall–Kier alpha value is -2.36. The smallest absolute Gasteiger partial charge is 0.335 e. The molecule has 8 nitrogen and oxygen atoms in total. The van der Waals surface area contributed by atoms with Gasteiger partial charge in [-0.1, -0.05) is 18.6 Å². The van der Waals surface area contributed by atoms with E-state index in [-0.39, 0.29) is 11.6 Å². The van der Waals surface area contributed by atoms with Gasteiger partial charge >= 0.3 is 5.97 Å². The SMILES string of the molecule is Cc1nc(-c2ccc(C(=O)O)cc2)cc([C@H]2CCCCN2S(=O)(=O)N(C)C)n1. The van der Waals surface area contributed by atoms with Crippen LogP contribution in [0.2, 0.25) is 0 Å². The van der Waals surface area contributed by atoms with Gasteiger partial charge in [-0.15, -0.1) is 0 Å². The van der Waals surface area contributed by atoms with Crippen molar-refractivity contribution >= 4 is 16.2 Å². The summed E-state index contributed by atoms with van der Waals surface area (Å²) in [4.78, 5) is 20.0. The number of carbonyl (C=O) groups is 1. The number of hydrogen-bond acceptors (Lipinski definition) is 5. The fourth-order valence-corrected chi connectivity index (χ4v) is 4.69. The molecule has 0 unspecified atom stereocenters. The van der Waals surface area contributed by atoms with Crippen molar-refractivity contribution < 1.29 is 18.3 Å². The quantitative estimate of drug-likeness (QED) is 0.821. The van der Waals surface area contributed by atoms with Gasteiger partial charge in [0.15, 0.2) is 0 Å². The van der Waals surface area contributed by atoms with Gasteiger partial charge in [-0.25, -0.2) is 14.8 Å². The van der Waals surface area contributed by atoms with E-state index in [1.165, 1.54) is 34.8 Å². The van der Waals surface area contributed by atoms with Crippen LogP contribution in [0.25, 0.3) is 11.3 Å². The normalized spacial score (nSPS) is 18.4. The van der Waals surface area contributed by atoms with Gasteiger partial charge in [0.2, 0.25) is 0 Å². The van der Waals surface area contributed by atoms with E-state index < -0.39 is 16.2 Å². The van der Waals surface area contributed by atoms with Crippen molar-refractivity contribution in [1.29, 1.82) is 0 Å². The van der Waals surface area contributed by atoms with Gasteiger partial charge in [0.05, 0.1) is 23.0 Å². The highest BCUT2D eigenvalue weighted by molar-refractivity contribution is 7.86. The van der Waals surface area contributed by atoms with Crippen molar-refractivity contribution in [1.82, 2.24) is 18.6 Å². The highest BCUT2D eigenvalue weighted by atomic mass is 32.2. The summed E-state index contributed by atoms with van der Waals surface area (Å²) in [6, 6.07) is 7.90. The Morgan fingerprint density at radius 1 is 1.18 bits per heavy atom. The number of hydrogen-bond donors (Lipinski definition) is 1. The second-order valence-corrected chi connectivity index (χ2v) is 9.12. The van der Waals surface area contributed by atoms with Gasteiger partial charge in [-0.2, -0.15) is 17.0 Å². The number of aromatic carboxylic acids is 1. The lowest BCUT2D eigenvalue weighted by Crippen LogP contribution is -2.44. The molecule has 1 aromatic heterocycles. The van der Waals surface area contributed by atoms with Gasteiger partial charge < -0.3 is 5.11 Å². The van der Waals surface area contributed by atoms with E-state index in [1.807, 2.05) is 0 Å². The third-order valence-corrected chi connectivity index (χ3v) is 6.79. The molecule has 1 aliphatic rings. The summed E-state index contributed by atoms with van der Waals surface area (Å²) in [6.07, 6.45) is 2.44. The Labute approximate surface area is 165 Å². The van der Waals surface area contributed by atoms with Gasteiger partial charge in [0.1, 0.15) is 5.82 Å². The van der Waals surface area contributed by atoms with Crippen molar-refractivity contribution in [3.63, 3.8) is 0 Å². The third-order valence-electron chi connectivity index (χ3n) is 4.84. The molecule has 0 spiro atoms. The number of aryl methyl sites for hydroxylation is 1. The minimum atomic E-state index is -3.56. The van der Waals surface area contributed by atoms with Crippen LogP contribution in [0.3, 0.4) is 0 Å². The maximum atomic E-state index is 12.8. The number of carboxylic acids is 1. The number of piperidine rings is 1. The summed E-state index contributed by atoms with van der Waals surface area (Å²) in [5, 5.41) is 9.06. The summed E-state index contributed by atoms with van der Waals surface area (Å²) < 4.78 is 28.3. The molecule has 0 radical (unpaired) electrons. The number of rotatable bonds is 5. The molecule has 2 aromatic rings. The Morgan fingerprint density at radius 2 is 1.86 bits per heavy atom. The number of benzene rings is 1. The largest absolute Gasteiger partial charge is 0.478 e. The zero-order chi connectivity index (χ0) is 20.5. The molecule has 0 amide bonds. The van der Waals surface area contributed by atoms with E-state index in [0.29, 0.717) is 30.2 Å². The van der Waals surface area contributed by atoms with Crippen LogP contribution in [0.1, 0.15) is 47.2 Å². The molecular formula is C19H24N4O4S. The van der Waals surface area contributed by atoms with Crippen molar-refractivity contribution in [2.45, 2.75) is 32.2 Å². The van der Waals surface area contributed by atoms with Crippen LogP contribution in [0, 0.1) is 6.92 Å². The predicted molar refractivity (Wildman–Crippen MR) is 105 cm³/mol. The third kappa shape index (κ3) is 4.06. The molecule has 1 N–H and O–H groups in total. The number of carboxylic acid groups (broad SMARTS) is 1. The number of nitrogens with zero attached hydrogens (tertiary/aromatic N) is 4. The summed E-state index contributed by atoms with van der Waals surface area (Å²) >= 11 is 0. The molecule has 1 aliphatic heterocycles. The molecule has 0 saturated carbocycles. The molecule has 0 bridgehead atoms. The average molecular weight is 404 g/mol. The summed E-state index contributed by atoms with van der Waals surface area (Å²) in [6.45, 7) is 2.23. The standard InChI is InChI=1S/C19H24N4O4S/c1-13-20-16(14-7-9-15(10-8-14)19(24)25)12-17(21-13)18-6-4-5-11-23(18)28(26,27)22(2)3/h7-10,12,18H,4-6,11H2,1-3H3,(H,24,25)/t18-/m1/s1. The second kappa shape index (κ2) is 7.94. The molecule has 0 aliphatic carbocycles. The Balaban J connectivity index is 2.01. The van der Waals surface area contributed by atoms with Crippen LogP contribution in [0.15, 0.2) is 30.3 Å². The second-order valence-electron chi connectivity index (χ2n) is 7.02. The highest BCUT2D eigenvalue weighted by Crippen LogP contribution is 2.34. The minimum Gasteiger partial charge on any atom is -0.478 e. The van der Waals surface area contributed by atoms with Crippen LogP contribution in [0.5, 0.6) is 0 Å². The van der Waals surface area contributed by atoms with E-state index in [4.69, 9.17) is 5.11 Å². The summed E-state index contributed by atoms with van der Waals surface area (Å²) in [7, 11) is -0.503. The molecule has 1 fully saturated rings. The van der Waals surface area contributed by atoms with Crippen LogP contribution in [0.4, 0.5) is 0 Å². The highest BCUT2D eigenvalue weighted by Gasteiger charge is 2.35. The maximum absolute atomic E-state index is 12.8. The lowest BCUT2D eigenvalue weighted by molar-refractivity contribution is 0.0697. The van der Waals surface area contributed by atoms with Crippen LogP contribution < -0.4 is 0 Å². The zero-order valence-electron chi connectivity index (χ0n) is 16.2. The molecule has 2 heterocycles. The van der Waals surface area contributed by atoms with E-state index in [0.717, 1.165) is 18.4 Å². The van der Waals surface area contributed by atoms with Crippen LogP contribution in [-0.2, 0) is 10.2 Å². The lowest BCUT2D eigenvalue weighted by atomic mass is 10.00. The van der Waals surface area contributed by atoms with E-state index >= 15 is 0 Å². The molecule has 3 rings (SSSR count). The van der Waals surface area contributed by atoms with Crippen molar-refractivity contribution in [3.8, 4) is 11.3 Å². The van der Waals surface area contributed by atoms with Gasteiger partial charge in [0.25, 0.3) is 10.2 Å². The minimum absolute atomic E-state index is 0.199. The number of aromatic nitrogens is 2. The van der Waals surface area contributed by atoms with Crippen LogP contribution >= 0.6 is 0 Å². The molecule has 1 aromatic carbocycles. The molecule has 28 heavy (non-hydrogen) atoms. The monoisotopic (exact) mass is 404 g/mol. The molecule has 150 valence electrons. The first-order chi connectivity index (χ1) is 13.2. The Bertz CT molecular complexity index is 974. The van der Waals surface area contributed by atoms with Gasteiger partial charge in [0, 0.05) is 26.2 Å². The first kappa shape index (κ1) is 20.4. The molecular weight excluding hydrogens is 380 g/mol. The molecule has 1 atom stereocenters. The molecule has 9 heteroatoms. The lowest BCUT2D eigenvalue weighted by Gasteiger charge is -2.36. The Morgan fingerprint density at radius 3 is 2.46 bits per heavy atom. The summed E-state index contributed by atoms with van der Waals surface area (Å²) in [5.74, 6) is -0.444. The topological polar surface area (TPSA) is 104 Å². The molecule has 1 saturated heterocycles. The fourth-order valence-electron chi connectivity index (χ4n) is 3.38. The zero-order valence-corrected chi connectivity index (χ0v) is 17.0.